The van der Waals surface area contributed by atoms with Crippen molar-refractivity contribution in [3.8, 4) is 23.0 Å². The Labute approximate surface area is 189 Å². The summed E-state index contributed by atoms with van der Waals surface area (Å²) < 4.78 is 37.5. The first-order valence-corrected chi connectivity index (χ1v) is 10.2. The van der Waals surface area contributed by atoms with E-state index < -0.39 is 61.9 Å². The SMILES string of the molecule is COc1cc(O[C@H]2O[C@H](CO[C@@H]3OC[C@@H](O)[C@@H](O)[C@H]3O)[C@@H](O)[C@H](O)[C@H]2O)cc(OC)c1OC. The van der Waals surface area contributed by atoms with E-state index in [2.05, 4.69) is 0 Å². The van der Waals surface area contributed by atoms with Gasteiger partial charge < -0.3 is 63.8 Å². The maximum atomic E-state index is 10.4. The topological polar surface area (TPSA) is 186 Å². The third-order valence-corrected chi connectivity index (χ3v) is 5.44. The molecule has 1 aromatic rings. The Bertz CT molecular complexity index is 751. The lowest BCUT2D eigenvalue weighted by Gasteiger charge is -2.41. The molecule has 0 saturated carbocycles. The number of aliphatic hydroxyl groups is 6. The van der Waals surface area contributed by atoms with Gasteiger partial charge in [0.05, 0.1) is 34.5 Å². The van der Waals surface area contributed by atoms with Gasteiger partial charge in [0.1, 0.15) is 48.5 Å². The molecule has 0 spiro atoms. The lowest BCUT2D eigenvalue weighted by atomic mass is 9.99. The van der Waals surface area contributed by atoms with Gasteiger partial charge >= 0.3 is 0 Å². The van der Waals surface area contributed by atoms with Crippen LogP contribution in [0.4, 0.5) is 0 Å². The number of hydrogen-bond acceptors (Lipinski definition) is 13. The van der Waals surface area contributed by atoms with Crippen molar-refractivity contribution in [3.05, 3.63) is 12.1 Å². The number of aliphatic hydroxyl groups excluding tert-OH is 6. The number of rotatable bonds is 8. The molecule has 6 N–H and O–H groups in total. The number of hydrogen-bond donors (Lipinski definition) is 6. The summed E-state index contributed by atoms with van der Waals surface area (Å²) in [5.74, 6) is 1.03. The van der Waals surface area contributed by atoms with E-state index in [4.69, 9.17) is 33.2 Å². The highest BCUT2D eigenvalue weighted by atomic mass is 16.7. The molecule has 3 rings (SSSR count). The molecule has 0 amide bonds. The highest BCUT2D eigenvalue weighted by Gasteiger charge is 2.46. The van der Waals surface area contributed by atoms with E-state index in [1.54, 1.807) is 0 Å². The van der Waals surface area contributed by atoms with Gasteiger partial charge in [-0.15, -0.1) is 0 Å². The molecule has 0 radical (unpaired) electrons. The third kappa shape index (κ3) is 5.42. The molecule has 13 nitrogen and oxygen atoms in total. The maximum Gasteiger partial charge on any atom is 0.229 e. The normalized spacial score (nSPS) is 36.8. The minimum Gasteiger partial charge on any atom is -0.493 e. The predicted molar refractivity (Wildman–Crippen MR) is 107 cm³/mol. The third-order valence-electron chi connectivity index (χ3n) is 5.44. The highest BCUT2D eigenvalue weighted by molar-refractivity contribution is 5.55. The Morgan fingerprint density at radius 2 is 1.39 bits per heavy atom. The average Bonchev–Trinajstić information content (AvgIpc) is 2.82. The maximum absolute atomic E-state index is 10.4. The second-order valence-electron chi connectivity index (χ2n) is 7.58. The molecule has 2 heterocycles. The van der Waals surface area contributed by atoms with E-state index in [1.165, 1.54) is 33.5 Å². The van der Waals surface area contributed by atoms with Gasteiger partial charge in [0.2, 0.25) is 12.0 Å². The Kier molecular flexibility index (Phi) is 8.55. The summed E-state index contributed by atoms with van der Waals surface area (Å²) in [6.07, 6.45) is -13.1. The van der Waals surface area contributed by atoms with E-state index in [9.17, 15) is 30.6 Å². The van der Waals surface area contributed by atoms with Crippen LogP contribution in [-0.4, -0.2) is 120 Å². The Hall–Kier alpha value is -1.94. The fraction of sp³-hybridized carbons (Fsp3) is 0.700. The number of methoxy groups -OCH3 is 3. The molecule has 0 aromatic heterocycles. The van der Waals surface area contributed by atoms with Crippen molar-refractivity contribution in [1.29, 1.82) is 0 Å². The van der Waals surface area contributed by atoms with Crippen molar-refractivity contribution in [2.24, 2.45) is 0 Å². The monoisotopic (exact) mass is 478 g/mol. The fourth-order valence-corrected chi connectivity index (χ4v) is 3.53. The van der Waals surface area contributed by atoms with Gasteiger partial charge in [-0.1, -0.05) is 0 Å². The van der Waals surface area contributed by atoms with Gasteiger partial charge in [0.15, 0.2) is 17.8 Å². The lowest BCUT2D eigenvalue weighted by molar-refractivity contribution is -0.307. The number of benzene rings is 1. The van der Waals surface area contributed by atoms with Crippen LogP contribution in [0.25, 0.3) is 0 Å². The van der Waals surface area contributed by atoms with Crippen molar-refractivity contribution in [2.75, 3.05) is 34.5 Å². The molecule has 0 aliphatic carbocycles. The van der Waals surface area contributed by atoms with Crippen LogP contribution in [0.1, 0.15) is 0 Å². The van der Waals surface area contributed by atoms with Crippen LogP contribution < -0.4 is 18.9 Å². The van der Waals surface area contributed by atoms with Gasteiger partial charge in [-0.3, -0.25) is 0 Å². The van der Waals surface area contributed by atoms with Crippen molar-refractivity contribution < 1.29 is 63.8 Å². The van der Waals surface area contributed by atoms with Crippen LogP contribution in [-0.2, 0) is 14.2 Å². The molecule has 1 aromatic carbocycles. The van der Waals surface area contributed by atoms with E-state index in [-0.39, 0.29) is 23.9 Å². The molecule has 2 fully saturated rings. The highest BCUT2D eigenvalue weighted by Crippen LogP contribution is 2.41. The summed E-state index contributed by atoms with van der Waals surface area (Å²) >= 11 is 0. The minimum atomic E-state index is -1.65. The van der Waals surface area contributed by atoms with Crippen molar-refractivity contribution in [2.45, 2.75) is 55.3 Å². The van der Waals surface area contributed by atoms with Gasteiger partial charge in [-0.05, 0) is 0 Å². The van der Waals surface area contributed by atoms with Gasteiger partial charge in [0.25, 0.3) is 0 Å². The zero-order valence-corrected chi connectivity index (χ0v) is 18.3. The lowest BCUT2D eigenvalue weighted by Crippen LogP contribution is -2.61. The zero-order valence-electron chi connectivity index (χ0n) is 18.3. The molecule has 0 bridgehead atoms. The Morgan fingerprint density at radius 1 is 0.788 bits per heavy atom. The van der Waals surface area contributed by atoms with Crippen LogP contribution in [0.3, 0.4) is 0 Å². The average molecular weight is 478 g/mol. The zero-order chi connectivity index (χ0) is 24.3. The van der Waals surface area contributed by atoms with E-state index >= 15 is 0 Å². The Morgan fingerprint density at radius 3 is 1.97 bits per heavy atom. The predicted octanol–water partition coefficient (Wildman–Crippen LogP) is -2.65. The van der Waals surface area contributed by atoms with E-state index in [0.29, 0.717) is 5.75 Å². The quantitative estimate of drug-likeness (QED) is 0.228. The fourth-order valence-electron chi connectivity index (χ4n) is 3.53. The van der Waals surface area contributed by atoms with Crippen molar-refractivity contribution >= 4 is 0 Å². The molecule has 0 unspecified atom stereocenters. The molecule has 188 valence electrons. The van der Waals surface area contributed by atoms with Gasteiger partial charge in [-0.2, -0.15) is 0 Å². The standard InChI is InChI=1S/C20H30O13/c1-27-10-4-8(5-11(28-2)18(10)29-3)32-20-17(26)15(24)14(23)12(33-20)7-31-19-16(25)13(22)9(21)6-30-19/h4-5,9,12-17,19-26H,6-7H2,1-3H3/t9-,12-,13-,14-,15+,16-,17-,19+,20+/m1/s1. The van der Waals surface area contributed by atoms with Crippen molar-refractivity contribution in [3.63, 3.8) is 0 Å². The van der Waals surface area contributed by atoms with Crippen LogP contribution >= 0.6 is 0 Å². The summed E-state index contributed by atoms with van der Waals surface area (Å²) in [6.45, 7) is -0.671. The van der Waals surface area contributed by atoms with E-state index in [0.717, 1.165) is 0 Å². The Balaban J connectivity index is 1.71. The summed E-state index contributed by atoms with van der Waals surface area (Å²) in [5, 5.41) is 60.2. The minimum absolute atomic E-state index is 0.153. The molecule has 9 atom stereocenters. The molecular weight excluding hydrogens is 448 g/mol. The first-order chi connectivity index (χ1) is 15.7. The molecular formula is C20H30O13. The molecule has 2 aliphatic rings. The summed E-state index contributed by atoms with van der Waals surface area (Å²) in [6, 6.07) is 2.92. The smallest absolute Gasteiger partial charge is 0.229 e. The second-order valence-corrected chi connectivity index (χ2v) is 7.58. The first-order valence-electron chi connectivity index (χ1n) is 10.2. The van der Waals surface area contributed by atoms with Crippen LogP contribution in [0.5, 0.6) is 23.0 Å². The molecule has 2 aliphatic heterocycles. The molecule has 13 heteroatoms. The molecule has 33 heavy (non-hydrogen) atoms. The summed E-state index contributed by atoms with van der Waals surface area (Å²) in [7, 11) is 4.26. The van der Waals surface area contributed by atoms with E-state index in [1.807, 2.05) is 0 Å². The van der Waals surface area contributed by atoms with Crippen LogP contribution in [0.15, 0.2) is 12.1 Å². The second kappa shape index (κ2) is 11.0. The summed E-state index contributed by atoms with van der Waals surface area (Å²) in [5.41, 5.74) is 0. The summed E-state index contributed by atoms with van der Waals surface area (Å²) in [4.78, 5) is 0. The van der Waals surface area contributed by atoms with Crippen LogP contribution in [0.2, 0.25) is 0 Å². The largest absolute Gasteiger partial charge is 0.493 e. The van der Waals surface area contributed by atoms with Crippen LogP contribution in [0, 0.1) is 0 Å². The number of ether oxygens (including phenoxy) is 7. The van der Waals surface area contributed by atoms with Crippen molar-refractivity contribution in [1.82, 2.24) is 0 Å². The van der Waals surface area contributed by atoms with Gasteiger partial charge in [0, 0.05) is 12.1 Å². The van der Waals surface area contributed by atoms with Gasteiger partial charge in [-0.25, -0.2) is 0 Å². The molecule has 2 saturated heterocycles. The first kappa shape index (κ1) is 25.7.